The maximum absolute atomic E-state index is 12.7. The molecule has 0 aliphatic heterocycles. The zero-order valence-corrected chi connectivity index (χ0v) is 8.57. The summed E-state index contributed by atoms with van der Waals surface area (Å²) in [6, 6.07) is 5.85. The first-order chi connectivity index (χ1) is 7.19. The highest BCUT2D eigenvalue weighted by atomic mass is 19.1. The van der Waals surface area contributed by atoms with E-state index in [4.69, 9.17) is 5.84 Å². The van der Waals surface area contributed by atoms with Crippen molar-refractivity contribution in [1.82, 2.24) is 0 Å². The highest BCUT2D eigenvalue weighted by Gasteiger charge is 2.08. The van der Waals surface area contributed by atoms with Crippen LogP contribution in [0.1, 0.15) is 12.5 Å². The zero-order chi connectivity index (χ0) is 11.3. The van der Waals surface area contributed by atoms with Crippen LogP contribution in [0.3, 0.4) is 0 Å². The number of nitrogens with zero attached hydrogens (tertiary/aromatic N) is 2. The molecule has 0 unspecified atom stereocenters. The fraction of sp³-hybridized carbons (Fsp3) is 0.200. The highest BCUT2D eigenvalue weighted by Crippen LogP contribution is 2.06. The van der Waals surface area contributed by atoms with Crippen LogP contribution in [-0.2, 0) is 4.84 Å². The molecule has 15 heavy (non-hydrogen) atoms. The minimum Gasteiger partial charge on any atom is -0.399 e. The molecule has 0 atom stereocenters. The molecule has 0 saturated carbocycles. The van der Waals surface area contributed by atoms with Gasteiger partial charge >= 0.3 is 0 Å². The van der Waals surface area contributed by atoms with Crippen molar-refractivity contribution in [2.24, 2.45) is 16.1 Å². The molecule has 0 bridgehead atoms. The maximum Gasteiger partial charge on any atom is 0.132 e. The third kappa shape index (κ3) is 2.77. The molecule has 1 aromatic carbocycles. The van der Waals surface area contributed by atoms with Gasteiger partial charge in [-0.3, -0.25) is 0 Å². The van der Waals surface area contributed by atoms with Crippen LogP contribution in [0, 0.1) is 5.82 Å². The summed E-state index contributed by atoms with van der Waals surface area (Å²) < 4.78 is 12.7. The first-order valence-corrected chi connectivity index (χ1v) is 4.31. The van der Waals surface area contributed by atoms with Crippen molar-refractivity contribution < 1.29 is 9.23 Å². The van der Waals surface area contributed by atoms with Gasteiger partial charge in [-0.25, -0.2) is 4.39 Å². The Balaban J connectivity index is 3.11. The Morgan fingerprint density at radius 1 is 1.33 bits per heavy atom. The van der Waals surface area contributed by atoms with Crippen LogP contribution in [0.15, 0.2) is 34.5 Å². The van der Waals surface area contributed by atoms with E-state index in [0.29, 0.717) is 17.0 Å². The van der Waals surface area contributed by atoms with Gasteiger partial charge in [0.15, 0.2) is 0 Å². The summed E-state index contributed by atoms with van der Waals surface area (Å²) in [6.45, 7) is 1.70. The molecule has 0 saturated heterocycles. The number of hydrazone groups is 1. The monoisotopic (exact) mass is 209 g/mol. The molecule has 2 N–H and O–H groups in total. The molecule has 0 aliphatic carbocycles. The van der Waals surface area contributed by atoms with Crippen molar-refractivity contribution in [2.75, 3.05) is 7.11 Å². The second-order valence-corrected chi connectivity index (χ2v) is 2.84. The smallest absolute Gasteiger partial charge is 0.132 e. The Hall–Kier alpha value is -1.91. The Bertz CT molecular complexity index is 384. The van der Waals surface area contributed by atoms with Crippen LogP contribution in [0.25, 0.3) is 0 Å². The Labute approximate surface area is 87.2 Å². The van der Waals surface area contributed by atoms with Gasteiger partial charge in [-0.05, 0) is 31.2 Å². The third-order valence-electron chi connectivity index (χ3n) is 1.84. The van der Waals surface area contributed by atoms with Crippen LogP contribution in [0.5, 0.6) is 0 Å². The summed E-state index contributed by atoms with van der Waals surface area (Å²) >= 11 is 0. The summed E-state index contributed by atoms with van der Waals surface area (Å²) in [7, 11) is 1.42. The number of halogens is 1. The molecular weight excluding hydrogens is 197 g/mol. The minimum absolute atomic E-state index is 0.308. The topological polar surface area (TPSA) is 60.0 Å². The van der Waals surface area contributed by atoms with Crippen molar-refractivity contribution in [2.45, 2.75) is 6.92 Å². The van der Waals surface area contributed by atoms with Crippen molar-refractivity contribution >= 4 is 11.4 Å². The fourth-order valence-electron chi connectivity index (χ4n) is 1.09. The number of hydrogen-bond donors (Lipinski definition) is 1. The molecule has 1 aromatic rings. The normalized spacial score (nSPS) is 12.7. The molecular formula is C10H12FN3O. The highest BCUT2D eigenvalue weighted by molar-refractivity contribution is 6.47. The Kier molecular flexibility index (Phi) is 3.79. The van der Waals surface area contributed by atoms with Gasteiger partial charge in [-0.2, -0.15) is 5.10 Å². The zero-order valence-electron chi connectivity index (χ0n) is 8.57. The van der Waals surface area contributed by atoms with Gasteiger partial charge < -0.3 is 10.7 Å². The number of rotatable bonds is 3. The van der Waals surface area contributed by atoms with Crippen molar-refractivity contribution in [1.29, 1.82) is 0 Å². The summed E-state index contributed by atoms with van der Waals surface area (Å²) in [6.07, 6.45) is 0. The molecule has 0 heterocycles. The second kappa shape index (κ2) is 5.09. The molecule has 80 valence electrons. The molecule has 5 heteroatoms. The van der Waals surface area contributed by atoms with Crippen LogP contribution < -0.4 is 5.84 Å². The van der Waals surface area contributed by atoms with E-state index in [1.807, 2.05) is 0 Å². The first kappa shape index (κ1) is 11.2. The number of oxime groups is 1. The largest absolute Gasteiger partial charge is 0.399 e. The summed E-state index contributed by atoms with van der Waals surface area (Å²) in [5.74, 6) is 4.84. The van der Waals surface area contributed by atoms with Gasteiger partial charge in [0.1, 0.15) is 18.6 Å². The fourth-order valence-corrected chi connectivity index (χ4v) is 1.09. The lowest BCUT2D eigenvalue weighted by molar-refractivity contribution is 0.214. The van der Waals surface area contributed by atoms with Gasteiger partial charge in [0.2, 0.25) is 0 Å². The van der Waals surface area contributed by atoms with E-state index in [1.54, 1.807) is 19.1 Å². The number of hydrogen-bond acceptors (Lipinski definition) is 4. The second-order valence-electron chi connectivity index (χ2n) is 2.84. The summed E-state index contributed by atoms with van der Waals surface area (Å²) in [4.78, 5) is 4.67. The summed E-state index contributed by atoms with van der Waals surface area (Å²) in [5, 5.41) is 7.30. The molecule has 0 aliphatic rings. The van der Waals surface area contributed by atoms with E-state index in [9.17, 15) is 4.39 Å². The maximum atomic E-state index is 12.7. The van der Waals surface area contributed by atoms with Gasteiger partial charge in [0, 0.05) is 5.56 Å². The van der Waals surface area contributed by atoms with Gasteiger partial charge in [-0.1, -0.05) is 5.16 Å². The average molecular weight is 209 g/mol. The molecule has 0 aromatic heterocycles. The lowest BCUT2D eigenvalue weighted by atomic mass is 10.1. The van der Waals surface area contributed by atoms with E-state index < -0.39 is 0 Å². The minimum atomic E-state index is -0.308. The van der Waals surface area contributed by atoms with Crippen molar-refractivity contribution in [3.63, 3.8) is 0 Å². The van der Waals surface area contributed by atoms with E-state index in [1.165, 1.54) is 19.2 Å². The van der Waals surface area contributed by atoms with E-state index >= 15 is 0 Å². The van der Waals surface area contributed by atoms with E-state index in [0.717, 1.165) is 0 Å². The number of nitrogens with two attached hydrogens (primary N) is 1. The lowest BCUT2D eigenvalue weighted by Gasteiger charge is -2.04. The van der Waals surface area contributed by atoms with Crippen LogP contribution in [0.4, 0.5) is 4.39 Å². The van der Waals surface area contributed by atoms with Crippen molar-refractivity contribution in [3.8, 4) is 0 Å². The van der Waals surface area contributed by atoms with Gasteiger partial charge in [0.05, 0.1) is 5.71 Å². The SMILES string of the molecule is CON=C(C(C)=NN)c1ccc(F)cc1. The molecule has 0 spiro atoms. The Morgan fingerprint density at radius 2 is 1.93 bits per heavy atom. The molecule has 4 nitrogen and oxygen atoms in total. The number of benzene rings is 1. The van der Waals surface area contributed by atoms with Crippen molar-refractivity contribution in [3.05, 3.63) is 35.6 Å². The Morgan fingerprint density at radius 3 is 2.40 bits per heavy atom. The predicted octanol–water partition coefficient (Wildman–Crippen LogP) is 1.51. The average Bonchev–Trinajstić information content (AvgIpc) is 2.26. The van der Waals surface area contributed by atoms with Gasteiger partial charge in [-0.15, -0.1) is 0 Å². The third-order valence-corrected chi connectivity index (χ3v) is 1.84. The van der Waals surface area contributed by atoms with E-state index in [2.05, 4.69) is 15.1 Å². The van der Waals surface area contributed by atoms with Crippen LogP contribution in [0.2, 0.25) is 0 Å². The van der Waals surface area contributed by atoms with Crippen LogP contribution in [-0.4, -0.2) is 18.5 Å². The predicted molar refractivity (Wildman–Crippen MR) is 57.2 cm³/mol. The quantitative estimate of drug-likeness (QED) is 0.466. The first-order valence-electron chi connectivity index (χ1n) is 4.31. The lowest BCUT2D eigenvalue weighted by Crippen LogP contribution is -2.14. The molecule has 0 amide bonds. The summed E-state index contributed by atoms with van der Waals surface area (Å²) in [5.41, 5.74) is 1.70. The van der Waals surface area contributed by atoms with E-state index in [-0.39, 0.29) is 5.82 Å². The standard InChI is InChI=1S/C10H12FN3O/c1-7(13-12)10(14-15-2)8-3-5-9(11)6-4-8/h3-6H,12H2,1-2H3. The van der Waals surface area contributed by atoms with Crippen LogP contribution >= 0.6 is 0 Å². The van der Waals surface area contributed by atoms with Gasteiger partial charge in [0.25, 0.3) is 0 Å². The molecule has 0 fully saturated rings. The molecule has 0 radical (unpaired) electrons. The molecule has 1 rings (SSSR count).